The summed E-state index contributed by atoms with van der Waals surface area (Å²) >= 11 is 0. The van der Waals surface area contributed by atoms with E-state index in [0.717, 1.165) is 0 Å². The summed E-state index contributed by atoms with van der Waals surface area (Å²) < 4.78 is 0. The number of nitrogens with one attached hydrogen (secondary N) is 1. The molecule has 0 aliphatic rings. The van der Waals surface area contributed by atoms with Crippen molar-refractivity contribution in [1.82, 2.24) is 5.48 Å². The van der Waals surface area contributed by atoms with E-state index in [-0.39, 0.29) is 11.3 Å². The highest BCUT2D eigenvalue weighted by molar-refractivity contribution is 5.97. The summed E-state index contributed by atoms with van der Waals surface area (Å²) in [6.45, 7) is -0.508. The summed E-state index contributed by atoms with van der Waals surface area (Å²) in [4.78, 5) is 36.2. The number of nitro groups is 1. The average Bonchev–Trinajstić information content (AvgIpc) is 2.28. The average molecular weight is 239 g/mol. The topological polar surface area (TPSA) is 125 Å². The van der Waals surface area contributed by atoms with Gasteiger partial charge < -0.3 is 5.73 Å². The zero-order chi connectivity index (χ0) is 12.8. The van der Waals surface area contributed by atoms with Gasteiger partial charge in [0.15, 0.2) is 6.61 Å². The fourth-order valence-electron chi connectivity index (χ4n) is 1.05. The van der Waals surface area contributed by atoms with Crippen LogP contribution in [0, 0.1) is 10.1 Å². The monoisotopic (exact) mass is 239 g/mol. The van der Waals surface area contributed by atoms with Gasteiger partial charge in [0.25, 0.3) is 11.6 Å². The second kappa shape index (κ2) is 5.56. The highest BCUT2D eigenvalue weighted by Crippen LogP contribution is 2.16. The van der Waals surface area contributed by atoms with Crippen molar-refractivity contribution in [2.75, 3.05) is 6.61 Å². The molecule has 0 saturated carbocycles. The number of benzene rings is 1. The minimum absolute atomic E-state index is 0.165. The van der Waals surface area contributed by atoms with Crippen LogP contribution in [-0.2, 0) is 9.63 Å². The van der Waals surface area contributed by atoms with Crippen molar-refractivity contribution in [1.29, 1.82) is 0 Å². The first-order valence-electron chi connectivity index (χ1n) is 4.46. The number of hydrogen-bond acceptors (Lipinski definition) is 5. The van der Waals surface area contributed by atoms with Crippen molar-refractivity contribution in [3.63, 3.8) is 0 Å². The van der Waals surface area contributed by atoms with Gasteiger partial charge in [0.2, 0.25) is 5.91 Å². The molecular formula is C9H9N3O5. The van der Waals surface area contributed by atoms with Crippen molar-refractivity contribution in [2.45, 2.75) is 0 Å². The van der Waals surface area contributed by atoms with Crippen LogP contribution in [0.15, 0.2) is 24.3 Å². The molecule has 0 aliphatic carbocycles. The highest BCUT2D eigenvalue weighted by atomic mass is 16.7. The van der Waals surface area contributed by atoms with Gasteiger partial charge in [-0.3, -0.25) is 24.5 Å². The second-order valence-corrected chi connectivity index (χ2v) is 2.96. The van der Waals surface area contributed by atoms with Gasteiger partial charge in [-0.05, 0) is 6.07 Å². The second-order valence-electron chi connectivity index (χ2n) is 2.96. The van der Waals surface area contributed by atoms with Crippen LogP contribution in [0.3, 0.4) is 0 Å². The van der Waals surface area contributed by atoms with E-state index in [1.807, 2.05) is 5.48 Å². The molecule has 0 bridgehead atoms. The van der Waals surface area contributed by atoms with Crippen molar-refractivity contribution in [3.8, 4) is 0 Å². The van der Waals surface area contributed by atoms with Crippen LogP contribution in [-0.4, -0.2) is 23.3 Å². The number of nitrogens with zero attached hydrogens (tertiary/aromatic N) is 1. The summed E-state index contributed by atoms with van der Waals surface area (Å²) in [5.74, 6) is -1.59. The molecular weight excluding hydrogens is 230 g/mol. The maximum atomic E-state index is 11.5. The van der Waals surface area contributed by atoms with Crippen molar-refractivity contribution in [3.05, 3.63) is 39.9 Å². The van der Waals surface area contributed by atoms with Gasteiger partial charge in [-0.1, -0.05) is 12.1 Å². The van der Waals surface area contributed by atoms with Crippen molar-refractivity contribution in [2.24, 2.45) is 5.73 Å². The maximum absolute atomic E-state index is 11.5. The van der Waals surface area contributed by atoms with E-state index in [9.17, 15) is 19.7 Å². The van der Waals surface area contributed by atoms with Gasteiger partial charge in [-0.15, -0.1) is 0 Å². The Kier molecular flexibility index (Phi) is 4.12. The number of nitrogens with two attached hydrogens (primary N) is 1. The van der Waals surface area contributed by atoms with Crippen LogP contribution in [0.1, 0.15) is 10.4 Å². The minimum atomic E-state index is -0.821. The number of primary amides is 1. The van der Waals surface area contributed by atoms with Gasteiger partial charge in [0, 0.05) is 6.07 Å². The summed E-state index contributed by atoms with van der Waals surface area (Å²) in [5.41, 5.74) is 6.13. The summed E-state index contributed by atoms with van der Waals surface area (Å²) in [6.07, 6.45) is 0. The largest absolute Gasteiger partial charge is 0.368 e. The molecule has 17 heavy (non-hydrogen) atoms. The third kappa shape index (κ3) is 3.54. The number of amides is 2. The number of hydrogen-bond donors (Lipinski definition) is 2. The lowest BCUT2D eigenvalue weighted by Crippen LogP contribution is -2.29. The van der Waals surface area contributed by atoms with Crippen LogP contribution in [0.4, 0.5) is 5.69 Å². The molecule has 1 aromatic rings. The molecule has 0 radical (unpaired) electrons. The first kappa shape index (κ1) is 12.6. The van der Waals surface area contributed by atoms with E-state index in [1.165, 1.54) is 24.3 Å². The smallest absolute Gasteiger partial charge is 0.282 e. The molecule has 1 rings (SSSR count). The fourth-order valence-corrected chi connectivity index (χ4v) is 1.05. The van der Waals surface area contributed by atoms with Crippen LogP contribution in [0.2, 0.25) is 0 Å². The van der Waals surface area contributed by atoms with Crippen LogP contribution in [0.5, 0.6) is 0 Å². The lowest BCUT2D eigenvalue weighted by atomic mass is 10.2. The van der Waals surface area contributed by atoms with Crippen LogP contribution >= 0.6 is 0 Å². The molecule has 0 spiro atoms. The number of nitro benzene ring substituents is 1. The summed E-state index contributed by atoms with van der Waals surface area (Å²) in [5, 5.41) is 10.6. The van der Waals surface area contributed by atoms with E-state index in [0.29, 0.717) is 0 Å². The summed E-state index contributed by atoms with van der Waals surface area (Å²) in [6, 6.07) is 5.35. The molecule has 0 unspecified atom stereocenters. The molecule has 0 aromatic heterocycles. The van der Waals surface area contributed by atoms with Gasteiger partial charge in [-0.25, -0.2) is 5.48 Å². The predicted molar refractivity (Wildman–Crippen MR) is 55.7 cm³/mol. The number of carbonyl (C=O) groups is 2. The third-order valence-electron chi connectivity index (χ3n) is 1.72. The quantitative estimate of drug-likeness (QED) is 0.541. The van der Waals surface area contributed by atoms with Gasteiger partial charge in [-0.2, -0.15) is 0 Å². The summed E-state index contributed by atoms with van der Waals surface area (Å²) in [7, 11) is 0. The van der Waals surface area contributed by atoms with E-state index < -0.39 is 23.3 Å². The molecule has 90 valence electrons. The van der Waals surface area contributed by atoms with E-state index in [1.54, 1.807) is 0 Å². The molecule has 0 aliphatic heterocycles. The molecule has 0 fully saturated rings. The lowest BCUT2D eigenvalue weighted by Gasteiger charge is -2.04. The Morgan fingerprint density at radius 3 is 2.65 bits per heavy atom. The van der Waals surface area contributed by atoms with Crippen LogP contribution in [0.25, 0.3) is 0 Å². The van der Waals surface area contributed by atoms with Gasteiger partial charge in [0.1, 0.15) is 5.56 Å². The molecule has 1 aromatic carbocycles. The normalized spacial score (nSPS) is 9.65. The highest BCUT2D eigenvalue weighted by Gasteiger charge is 2.19. The Balaban J connectivity index is 2.75. The maximum Gasteiger partial charge on any atom is 0.282 e. The van der Waals surface area contributed by atoms with E-state index >= 15 is 0 Å². The predicted octanol–water partition coefficient (Wildman–Crippen LogP) is -0.258. The number of rotatable bonds is 5. The first-order chi connectivity index (χ1) is 8.02. The van der Waals surface area contributed by atoms with Gasteiger partial charge >= 0.3 is 0 Å². The minimum Gasteiger partial charge on any atom is -0.368 e. The Morgan fingerprint density at radius 2 is 2.06 bits per heavy atom. The fraction of sp³-hybridized carbons (Fsp3) is 0.111. The van der Waals surface area contributed by atoms with Gasteiger partial charge in [0.05, 0.1) is 4.92 Å². The lowest BCUT2D eigenvalue weighted by molar-refractivity contribution is -0.385. The number of hydroxylamine groups is 1. The molecule has 0 heterocycles. The zero-order valence-electron chi connectivity index (χ0n) is 8.58. The van der Waals surface area contributed by atoms with Crippen molar-refractivity contribution < 1.29 is 19.3 Å². The van der Waals surface area contributed by atoms with E-state index in [2.05, 4.69) is 4.84 Å². The Hall–Kier alpha value is -2.48. The molecule has 0 saturated heterocycles. The Morgan fingerprint density at radius 1 is 1.41 bits per heavy atom. The van der Waals surface area contributed by atoms with E-state index in [4.69, 9.17) is 5.73 Å². The third-order valence-corrected chi connectivity index (χ3v) is 1.72. The van der Waals surface area contributed by atoms with Crippen molar-refractivity contribution >= 4 is 17.5 Å². The molecule has 8 nitrogen and oxygen atoms in total. The van der Waals surface area contributed by atoms with Crippen LogP contribution < -0.4 is 11.2 Å². The zero-order valence-corrected chi connectivity index (χ0v) is 8.58. The number of carbonyl (C=O) groups excluding carboxylic acids is 2. The molecule has 8 heteroatoms. The Bertz CT molecular complexity index is 460. The standard InChI is InChI=1S/C9H9N3O5/c10-8(13)5-17-11-9(14)6-3-1-2-4-7(6)12(15)16/h1-4H,5H2,(H2,10,13)(H,11,14). The molecule has 3 N–H and O–H groups in total. The Labute approximate surface area is 95.5 Å². The SMILES string of the molecule is NC(=O)CONC(=O)c1ccccc1[N+](=O)[O-]. The number of para-hydroxylation sites is 1. The first-order valence-corrected chi connectivity index (χ1v) is 4.46. The molecule has 0 atom stereocenters. The molecule has 2 amide bonds.